The Morgan fingerprint density at radius 3 is 2.81 bits per heavy atom. The zero-order valence-corrected chi connectivity index (χ0v) is 16.6. The summed E-state index contributed by atoms with van der Waals surface area (Å²) in [5.74, 6) is 0.206. The van der Waals surface area contributed by atoms with Crippen LogP contribution in [0.25, 0.3) is 0 Å². The van der Waals surface area contributed by atoms with E-state index in [1.54, 1.807) is 0 Å². The van der Waals surface area contributed by atoms with Gasteiger partial charge in [-0.1, -0.05) is 25.5 Å². The number of aliphatic hydroxyl groups excluding tert-OH is 2. The fourth-order valence-corrected chi connectivity index (χ4v) is 7.51. The van der Waals surface area contributed by atoms with Crippen LogP contribution in [0, 0.1) is 28.6 Å². The first-order valence-corrected chi connectivity index (χ1v) is 10.6. The summed E-state index contributed by atoms with van der Waals surface area (Å²) in [6, 6.07) is 0. The van der Waals surface area contributed by atoms with Crippen molar-refractivity contribution in [3.63, 3.8) is 0 Å². The smallest absolute Gasteiger partial charge is 0.190 e. The molecule has 0 aromatic heterocycles. The van der Waals surface area contributed by atoms with E-state index in [1.165, 1.54) is 5.57 Å². The number of carbonyl (C=O) groups is 1. The lowest BCUT2D eigenvalue weighted by molar-refractivity contribution is -0.182. The number of hydrogen-bond donors (Lipinski definition) is 3. The van der Waals surface area contributed by atoms with Gasteiger partial charge in [0.15, 0.2) is 5.78 Å². The summed E-state index contributed by atoms with van der Waals surface area (Å²) in [6.07, 6.45) is 7.33. The molecule has 0 bridgehead atoms. The highest BCUT2D eigenvalue weighted by Gasteiger charge is 2.67. The van der Waals surface area contributed by atoms with Crippen molar-refractivity contribution in [2.75, 3.05) is 19.8 Å². The molecular formula is C22H34O5. The van der Waals surface area contributed by atoms with Crippen LogP contribution in [0.3, 0.4) is 0 Å². The molecule has 0 amide bonds. The van der Waals surface area contributed by atoms with Crippen molar-refractivity contribution < 1.29 is 24.9 Å². The van der Waals surface area contributed by atoms with Gasteiger partial charge in [0, 0.05) is 12.0 Å². The van der Waals surface area contributed by atoms with E-state index in [-0.39, 0.29) is 17.3 Å². The number of ketones is 1. The minimum Gasteiger partial charge on any atom is -0.393 e. The third-order valence-electron chi connectivity index (χ3n) is 8.86. The summed E-state index contributed by atoms with van der Waals surface area (Å²) >= 11 is 0. The second-order valence-electron chi connectivity index (χ2n) is 9.83. The van der Waals surface area contributed by atoms with Gasteiger partial charge in [-0.25, -0.2) is 0 Å². The average molecular weight is 379 g/mol. The van der Waals surface area contributed by atoms with E-state index >= 15 is 0 Å². The first-order chi connectivity index (χ1) is 12.8. The first-order valence-electron chi connectivity index (χ1n) is 10.6. The normalized spacial score (nSPS) is 49.9. The summed E-state index contributed by atoms with van der Waals surface area (Å²) in [4.78, 5) is 12.4. The monoisotopic (exact) mass is 378 g/mol. The fraction of sp³-hybridized carbons (Fsp3) is 0.864. The zero-order valence-electron chi connectivity index (χ0n) is 16.6. The molecule has 1 aliphatic heterocycles. The molecule has 3 fully saturated rings. The van der Waals surface area contributed by atoms with Crippen LogP contribution in [-0.2, 0) is 9.53 Å². The number of aliphatic hydroxyl groups is 3. The second-order valence-corrected chi connectivity index (χ2v) is 9.83. The SMILES string of the molecule is C[C@]12CCCOCC=C1CC[C@@H]1[C@@H]2[C@@H](O)C[C@@]2(C)[C@H]1CC[C@]2(O)C(=O)CO. The molecular weight excluding hydrogens is 344 g/mol. The van der Waals surface area contributed by atoms with E-state index in [0.29, 0.717) is 25.4 Å². The van der Waals surface area contributed by atoms with E-state index in [1.807, 2.05) is 6.92 Å². The molecule has 3 N–H and O–H groups in total. The molecule has 0 unspecified atom stereocenters. The maximum atomic E-state index is 12.4. The number of Topliss-reactive ketones (excluding diaryl/α,β-unsaturated/α-hetero) is 1. The van der Waals surface area contributed by atoms with Crippen LogP contribution in [0.5, 0.6) is 0 Å². The number of rotatable bonds is 2. The maximum Gasteiger partial charge on any atom is 0.190 e. The predicted octanol–water partition coefficient (Wildman–Crippen LogP) is 2.23. The van der Waals surface area contributed by atoms with Crippen LogP contribution in [0.4, 0.5) is 0 Å². The van der Waals surface area contributed by atoms with E-state index < -0.39 is 29.5 Å². The van der Waals surface area contributed by atoms with Gasteiger partial charge in [-0.15, -0.1) is 0 Å². The largest absolute Gasteiger partial charge is 0.393 e. The molecule has 0 spiro atoms. The Kier molecular flexibility index (Phi) is 4.82. The number of allylic oxidation sites excluding steroid dienone is 1. The molecule has 1 heterocycles. The highest BCUT2D eigenvalue weighted by Crippen LogP contribution is 2.67. The summed E-state index contributed by atoms with van der Waals surface area (Å²) in [5, 5.41) is 32.0. The number of carbonyl (C=O) groups excluding carboxylic acids is 1. The maximum absolute atomic E-state index is 12.4. The minimum atomic E-state index is -1.51. The van der Waals surface area contributed by atoms with Crippen molar-refractivity contribution in [1.82, 2.24) is 0 Å². The number of ether oxygens (including phenoxy) is 1. The summed E-state index contributed by atoms with van der Waals surface area (Å²) < 4.78 is 5.65. The first kappa shape index (κ1) is 19.6. The third-order valence-corrected chi connectivity index (χ3v) is 8.86. The molecule has 5 heteroatoms. The Labute approximate surface area is 161 Å². The molecule has 0 aromatic rings. The minimum absolute atomic E-state index is 0.0326. The van der Waals surface area contributed by atoms with Gasteiger partial charge in [-0.05, 0) is 68.1 Å². The van der Waals surface area contributed by atoms with Crippen molar-refractivity contribution in [2.24, 2.45) is 28.6 Å². The number of fused-ring (bicyclic) bond motifs is 5. The Morgan fingerprint density at radius 1 is 1.30 bits per heavy atom. The van der Waals surface area contributed by atoms with Gasteiger partial charge >= 0.3 is 0 Å². The van der Waals surface area contributed by atoms with Crippen molar-refractivity contribution in [1.29, 1.82) is 0 Å². The molecule has 0 aromatic carbocycles. The molecule has 3 saturated carbocycles. The summed E-state index contributed by atoms with van der Waals surface area (Å²) in [5.41, 5.74) is -0.777. The van der Waals surface area contributed by atoms with Gasteiger partial charge < -0.3 is 20.1 Å². The van der Waals surface area contributed by atoms with Gasteiger partial charge in [0.2, 0.25) is 0 Å². The van der Waals surface area contributed by atoms with Crippen molar-refractivity contribution >= 4 is 5.78 Å². The van der Waals surface area contributed by atoms with E-state index in [4.69, 9.17) is 4.74 Å². The molecule has 27 heavy (non-hydrogen) atoms. The number of hydrogen-bond acceptors (Lipinski definition) is 5. The third kappa shape index (κ3) is 2.61. The quantitative estimate of drug-likeness (QED) is 0.642. The molecule has 0 saturated heterocycles. The lowest BCUT2D eigenvalue weighted by Gasteiger charge is -2.60. The Morgan fingerprint density at radius 2 is 2.07 bits per heavy atom. The Hall–Kier alpha value is -0.750. The molecule has 152 valence electrons. The van der Waals surface area contributed by atoms with Crippen molar-refractivity contribution in [3.8, 4) is 0 Å². The highest BCUT2D eigenvalue weighted by molar-refractivity contribution is 5.89. The van der Waals surface area contributed by atoms with Crippen LogP contribution < -0.4 is 0 Å². The van der Waals surface area contributed by atoms with Crippen LogP contribution in [0.1, 0.15) is 58.8 Å². The van der Waals surface area contributed by atoms with E-state index in [0.717, 1.165) is 38.7 Å². The lowest BCUT2D eigenvalue weighted by Crippen LogP contribution is -2.61. The Balaban J connectivity index is 1.72. The van der Waals surface area contributed by atoms with Crippen LogP contribution in [-0.4, -0.2) is 52.6 Å². The van der Waals surface area contributed by atoms with Gasteiger partial charge in [0.05, 0.1) is 12.7 Å². The highest BCUT2D eigenvalue weighted by atomic mass is 16.5. The molecule has 7 atom stereocenters. The van der Waals surface area contributed by atoms with Gasteiger partial charge in [0.25, 0.3) is 0 Å². The Bertz CT molecular complexity index is 645. The van der Waals surface area contributed by atoms with Crippen LogP contribution >= 0.6 is 0 Å². The summed E-state index contributed by atoms with van der Waals surface area (Å²) in [6.45, 7) is 5.07. The topological polar surface area (TPSA) is 87.0 Å². The molecule has 4 rings (SSSR count). The standard InChI is InChI=1S/C22H34O5/c1-20-8-3-10-27-11-7-14(20)4-5-15-16-6-9-22(26,18(25)13-23)21(16,2)12-17(24)19(15)20/h7,15-17,19,23-24,26H,3-6,8-13H2,1-2H3/t15-,16-,17-,19+,20-,21-,22-/m0/s1. The molecule has 0 radical (unpaired) electrons. The van der Waals surface area contributed by atoms with Crippen molar-refractivity contribution in [3.05, 3.63) is 11.6 Å². The van der Waals surface area contributed by atoms with Gasteiger partial charge in [-0.2, -0.15) is 0 Å². The van der Waals surface area contributed by atoms with Crippen LogP contribution in [0.2, 0.25) is 0 Å². The zero-order chi connectivity index (χ0) is 19.4. The molecule has 4 aliphatic rings. The lowest BCUT2D eigenvalue weighted by atomic mass is 9.46. The summed E-state index contributed by atoms with van der Waals surface area (Å²) in [7, 11) is 0. The van der Waals surface area contributed by atoms with Gasteiger partial charge in [0.1, 0.15) is 12.2 Å². The molecule has 3 aliphatic carbocycles. The van der Waals surface area contributed by atoms with Crippen molar-refractivity contribution in [2.45, 2.75) is 70.5 Å². The van der Waals surface area contributed by atoms with E-state index in [2.05, 4.69) is 13.0 Å². The molecule has 5 nitrogen and oxygen atoms in total. The van der Waals surface area contributed by atoms with Gasteiger partial charge in [-0.3, -0.25) is 4.79 Å². The second kappa shape index (κ2) is 6.65. The predicted molar refractivity (Wildman–Crippen MR) is 101 cm³/mol. The van der Waals surface area contributed by atoms with Crippen LogP contribution in [0.15, 0.2) is 11.6 Å². The fourth-order valence-electron chi connectivity index (χ4n) is 7.51. The van der Waals surface area contributed by atoms with E-state index in [9.17, 15) is 20.1 Å². The average Bonchev–Trinajstić information content (AvgIpc) is 2.88.